The molecule has 0 bridgehead atoms. The summed E-state index contributed by atoms with van der Waals surface area (Å²) in [5.74, 6) is 1.03. The highest BCUT2D eigenvalue weighted by Gasteiger charge is 2.12. The van der Waals surface area contributed by atoms with E-state index in [0.717, 1.165) is 12.3 Å². The molecule has 96 valence electrons. The van der Waals surface area contributed by atoms with Crippen molar-refractivity contribution in [2.45, 2.75) is 77.4 Å². The van der Waals surface area contributed by atoms with Crippen molar-refractivity contribution in [3.8, 4) is 0 Å². The molecular formula is C14H28O2. The van der Waals surface area contributed by atoms with Crippen LogP contribution in [-0.2, 0) is 4.74 Å². The Labute approximate surface area is 100 Å². The third-order valence-corrected chi connectivity index (χ3v) is 3.59. The fourth-order valence-electron chi connectivity index (χ4n) is 2.62. The minimum absolute atomic E-state index is 0.595. The Bertz CT molecular complexity index is 151. The number of aliphatic hydroxyl groups is 1. The maximum atomic E-state index is 8.90. The van der Waals surface area contributed by atoms with Crippen molar-refractivity contribution in [1.29, 1.82) is 0 Å². The molecular weight excluding hydrogens is 200 g/mol. The van der Waals surface area contributed by atoms with Crippen molar-refractivity contribution in [1.82, 2.24) is 0 Å². The second-order valence-corrected chi connectivity index (χ2v) is 5.18. The van der Waals surface area contributed by atoms with E-state index < -0.39 is 6.29 Å². The van der Waals surface area contributed by atoms with Crippen LogP contribution in [0.25, 0.3) is 0 Å². The molecule has 1 rings (SSSR count). The van der Waals surface area contributed by atoms with Crippen LogP contribution in [0.2, 0.25) is 0 Å². The second-order valence-electron chi connectivity index (χ2n) is 5.18. The molecule has 1 aliphatic rings. The third kappa shape index (κ3) is 7.24. The highest BCUT2D eigenvalue weighted by atomic mass is 16.6. The predicted molar refractivity (Wildman–Crippen MR) is 67.3 cm³/mol. The molecule has 0 aromatic rings. The van der Waals surface area contributed by atoms with Gasteiger partial charge < -0.3 is 9.84 Å². The van der Waals surface area contributed by atoms with Gasteiger partial charge in [0.05, 0.1) is 0 Å². The van der Waals surface area contributed by atoms with Crippen molar-refractivity contribution in [3.05, 3.63) is 0 Å². The molecule has 1 unspecified atom stereocenters. The molecule has 2 heteroatoms. The van der Waals surface area contributed by atoms with Crippen molar-refractivity contribution in [2.24, 2.45) is 5.92 Å². The lowest BCUT2D eigenvalue weighted by Crippen LogP contribution is -2.07. The Kier molecular flexibility index (Phi) is 7.87. The monoisotopic (exact) mass is 228 g/mol. The van der Waals surface area contributed by atoms with E-state index in [1.54, 1.807) is 6.92 Å². The van der Waals surface area contributed by atoms with Gasteiger partial charge in [-0.1, -0.05) is 57.8 Å². The lowest BCUT2D eigenvalue weighted by atomic mass is 9.85. The molecule has 0 spiro atoms. The largest absolute Gasteiger partial charge is 0.368 e. The zero-order valence-electron chi connectivity index (χ0n) is 10.8. The molecule has 0 amide bonds. The smallest absolute Gasteiger partial charge is 0.151 e. The lowest BCUT2D eigenvalue weighted by molar-refractivity contribution is -0.0859. The first kappa shape index (κ1) is 14.0. The predicted octanol–water partition coefficient (Wildman–Crippen LogP) is 3.87. The first-order valence-corrected chi connectivity index (χ1v) is 7.08. The summed E-state index contributed by atoms with van der Waals surface area (Å²) < 4.78 is 5.09. The fraction of sp³-hybridized carbons (Fsp3) is 1.00. The van der Waals surface area contributed by atoms with Gasteiger partial charge in [-0.05, 0) is 19.3 Å². The van der Waals surface area contributed by atoms with Crippen LogP contribution in [0.15, 0.2) is 0 Å². The van der Waals surface area contributed by atoms with Crippen LogP contribution in [0.4, 0.5) is 0 Å². The summed E-state index contributed by atoms with van der Waals surface area (Å²) in [6.07, 6.45) is 13.3. The average molecular weight is 228 g/mol. The van der Waals surface area contributed by atoms with E-state index in [9.17, 15) is 0 Å². The molecule has 16 heavy (non-hydrogen) atoms. The maximum absolute atomic E-state index is 8.90. The number of ether oxygens (including phenoxy) is 1. The quantitative estimate of drug-likeness (QED) is 0.505. The Balaban J connectivity index is 1.80. The van der Waals surface area contributed by atoms with Gasteiger partial charge in [0, 0.05) is 6.61 Å². The van der Waals surface area contributed by atoms with Crippen LogP contribution in [0, 0.1) is 5.92 Å². The standard InChI is InChI=1S/C14H28O2/c1-13(15)16-12-8-3-2-5-9-14-10-6-4-7-11-14/h13-15H,2-12H2,1H3. The fourth-order valence-corrected chi connectivity index (χ4v) is 2.62. The first-order valence-electron chi connectivity index (χ1n) is 7.08. The van der Waals surface area contributed by atoms with Gasteiger partial charge in [-0.25, -0.2) is 0 Å². The molecule has 1 N–H and O–H groups in total. The van der Waals surface area contributed by atoms with Crippen molar-refractivity contribution < 1.29 is 9.84 Å². The average Bonchev–Trinajstić information content (AvgIpc) is 2.29. The van der Waals surface area contributed by atoms with E-state index in [-0.39, 0.29) is 0 Å². The van der Waals surface area contributed by atoms with E-state index in [4.69, 9.17) is 9.84 Å². The summed E-state index contributed by atoms with van der Waals surface area (Å²) in [6.45, 7) is 2.38. The molecule has 1 saturated carbocycles. The molecule has 1 atom stereocenters. The highest BCUT2D eigenvalue weighted by Crippen LogP contribution is 2.27. The van der Waals surface area contributed by atoms with Gasteiger partial charge >= 0.3 is 0 Å². The highest BCUT2D eigenvalue weighted by molar-refractivity contribution is 4.65. The number of rotatable bonds is 8. The SMILES string of the molecule is CC(O)OCCCCCCC1CCCCC1. The van der Waals surface area contributed by atoms with Crippen LogP contribution >= 0.6 is 0 Å². The van der Waals surface area contributed by atoms with Gasteiger partial charge in [0.25, 0.3) is 0 Å². The van der Waals surface area contributed by atoms with Crippen molar-refractivity contribution in [2.75, 3.05) is 6.61 Å². The summed E-state index contributed by atoms with van der Waals surface area (Å²) >= 11 is 0. The molecule has 2 nitrogen and oxygen atoms in total. The number of unbranched alkanes of at least 4 members (excludes halogenated alkanes) is 3. The molecule has 0 heterocycles. The molecule has 0 saturated heterocycles. The van der Waals surface area contributed by atoms with Gasteiger partial charge in [0.1, 0.15) is 0 Å². The molecule has 1 fully saturated rings. The number of aliphatic hydroxyl groups excluding tert-OH is 1. The second kappa shape index (κ2) is 9.00. The van der Waals surface area contributed by atoms with E-state index in [2.05, 4.69) is 0 Å². The van der Waals surface area contributed by atoms with Crippen LogP contribution < -0.4 is 0 Å². The summed E-state index contributed by atoms with van der Waals surface area (Å²) in [5.41, 5.74) is 0. The Morgan fingerprint density at radius 1 is 1.06 bits per heavy atom. The van der Waals surface area contributed by atoms with Crippen molar-refractivity contribution >= 4 is 0 Å². The molecule has 0 aromatic heterocycles. The topological polar surface area (TPSA) is 29.5 Å². The molecule has 0 aliphatic heterocycles. The number of hydrogen-bond acceptors (Lipinski definition) is 2. The van der Waals surface area contributed by atoms with Gasteiger partial charge in [-0.2, -0.15) is 0 Å². The normalized spacial score (nSPS) is 19.9. The number of hydrogen-bond donors (Lipinski definition) is 1. The van der Waals surface area contributed by atoms with E-state index >= 15 is 0 Å². The minimum atomic E-state index is -0.595. The lowest BCUT2D eigenvalue weighted by Gasteiger charge is -2.21. The Hall–Kier alpha value is -0.0800. The van der Waals surface area contributed by atoms with Crippen LogP contribution in [-0.4, -0.2) is 18.0 Å². The molecule has 0 radical (unpaired) electrons. The Morgan fingerprint density at radius 2 is 1.75 bits per heavy atom. The van der Waals surface area contributed by atoms with E-state index in [1.165, 1.54) is 57.8 Å². The third-order valence-electron chi connectivity index (χ3n) is 3.59. The van der Waals surface area contributed by atoms with Crippen LogP contribution in [0.5, 0.6) is 0 Å². The van der Waals surface area contributed by atoms with Gasteiger partial charge in [0.2, 0.25) is 0 Å². The first-order chi connectivity index (χ1) is 7.79. The van der Waals surface area contributed by atoms with Crippen LogP contribution in [0.3, 0.4) is 0 Å². The van der Waals surface area contributed by atoms with Crippen molar-refractivity contribution in [3.63, 3.8) is 0 Å². The molecule has 1 aliphatic carbocycles. The van der Waals surface area contributed by atoms with E-state index in [1.807, 2.05) is 0 Å². The van der Waals surface area contributed by atoms with E-state index in [0.29, 0.717) is 6.61 Å². The van der Waals surface area contributed by atoms with Gasteiger partial charge in [-0.15, -0.1) is 0 Å². The summed E-state index contributed by atoms with van der Waals surface area (Å²) in [5, 5.41) is 8.90. The van der Waals surface area contributed by atoms with Gasteiger partial charge in [0.15, 0.2) is 6.29 Å². The maximum Gasteiger partial charge on any atom is 0.151 e. The van der Waals surface area contributed by atoms with Gasteiger partial charge in [-0.3, -0.25) is 0 Å². The molecule has 0 aromatic carbocycles. The Morgan fingerprint density at radius 3 is 2.44 bits per heavy atom. The summed E-state index contributed by atoms with van der Waals surface area (Å²) in [6, 6.07) is 0. The van der Waals surface area contributed by atoms with Crippen LogP contribution in [0.1, 0.15) is 71.1 Å². The minimum Gasteiger partial charge on any atom is -0.368 e. The zero-order chi connectivity index (χ0) is 11.6. The summed E-state index contributed by atoms with van der Waals surface area (Å²) in [7, 11) is 0. The summed E-state index contributed by atoms with van der Waals surface area (Å²) in [4.78, 5) is 0. The zero-order valence-corrected chi connectivity index (χ0v) is 10.8.